The summed E-state index contributed by atoms with van der Waals surface area (Å²) in [6.45, 7) is 8.88. The van der Waals surface area contributed by atoms with E-state index >= 15 is 0 Å². The number of hydrogen-bond acceptors (Lipinski definition) is 5. The van der Waals surface area contributed by atoms with Crippen molar-refractivity contribution in [3.63, 3.8) is 0 Å². The highest BCUT2D eigenvalue weighted by Gasteiger charge is 2.27. The van der Waals surface area contributed by atoms with Crippen LogP contribution in [0.15, 0.2) is 42.0 Å². The van der Waals surface area contributed by atoms with Gasteiger partial charge in [0.1, 0.15) is 5.82 Å². The fourth-order valence-corrected chi connectivity index (χ4v) is 5.54. The number of carbonyl (C=O) groups excluding carboxylic acids is 1. The molecule has 31 heavy (non-hydrogen) atoms. The van der Waals surface area contributed by atoms with Crippen molar-refractivity contribution in [1.82, 2.24) is 9.27 Å². The summed E-state index contributed by atoms with van der Waals surface area (Å²) in [4.78, 5) is 17.2. The molecule has 5 rings (SSSR count). The Kier molecular flexibility index (Phi) is 5.46. The fraction of sp³-hybridized carbons (Fsp3) is 0.333. The van der Waals surface area contributed by atoms with Crippen LogP contribution in [-0.4, -0.2) is 47.9 Å². The smallest absolute Gasteiger partial charge is 0.256 e. The average Bonchev–Trinajstić information content (AvgIpc) is 3.32. The molecule has 0 saturated carbocycles. The zero-order chi connectivity index (χ0) is 21.5. The van der Waals surface area contributed by atoms with Gasteiger partial charge in [0, 0.05) is 54.3 Å². The zero-order valence-corrected chi connectivity index (χ0v) is 19.3. The summed E-state index contributed by atoms with van der Waals surface area (Å²) in [5.41, 5.74) is 4.69. The molecule has 1 saturated heterocycles. The zero-order valence-electron chi connectivity index (χ0n) is 17.7. The maximum absolute atomic E-state index is 12.3. The number of anilines is 2. The maximum Gasteiger partial charge on any atom is 0.256 e. The van der Waals surface area contributed by atoms with E-state index in [0.717, 1.165) is 77.9 Å². The summed E-state index contributed by atoms with van der Waals surface area (Å²) >= 11 is 8.12. The van der Waals surface area contributed by atoms with E-state index < -0.39 is 0 Å². The summed E-state index contributed by atoms with van der Waals surface area (Å²) in [6, 6.07) is 12.4. The van der Waals surface area contributed by atoms with Crippen molar-refractivity contribution < 1.29 is 4.79 Å². The number of amides is 1. The summed E-state index contributed by atoms with van der Waals surface area (Å²) in [5, 5.41) is 4.91. The molecule has 7 heteroatoms. The van der Waals surface area contributed by atoms with Crippen LogP contribution >= 0.6 is 23.1 Å². The van der Waals surface area contributed by atoms with Crippen LogP contribution in [0.1, 0.15) is 25.0 Å². The topological polar surface area (TPSA) is 48.5 Å². The highest BCUT2D eigenvalue weighted by molar-refractivity contribution is 7.13. The molecule has 1 amide bonds. The van der Waals surface area contributed by atoms with Gasteiger partial charge in [-0.2, -0.15) is 4.37 Å². The van der Waals surface area contributed by atoms with Crippen LogP contribution in [0.2, 0.25) is 5.02 Å². The highest BCUT2D eigenvalue weighted by atomic mass is 35.5. The Morgan fingerprint density at radius 3 is 2.71 bits per heavy atom. The minimum absolute atomic E-state index is 0.0334. The van der Waals surface area contributed by atoms with Gasteiger partial charge in [0.2, 0.25) is 0 Å². The molecule has 0 atom stereocenters. The normalized spacial score (nSPS) is 16.7. The second kappa shape index (κ2) is 8.26. The van der Waals surface area contributed by atoms with Crippen LogP contribution in [0.25, 0.3) is 15.7 Å². The van der Waals surface area contributed by atoms with Crippen LogP contribution in [0.4, 0.5) is 11.5 Å². The fourth-order valence-electron chi connectivity index (χ4n) is 4.49. The standard InChI is InChI=1S/C24H25ClN4OS/c1-15(2)22-18-13-16(19(25)14-20(18)26-24(22)30)7-8-28-9-11-29(12-10-28)23-17-5-3-4-6-21(17)31-27-23/h3-6,13-14H,7-12H2,1-2H3,(H,26,30). The molecule has 3 heterocycles. The summed E-state index contributed by atoms with van der Waals surface area (Å²) in [7, 11) is 0. The van der Waals surface area contributed by atoms with E-state index in [1.165, 1.54) is 10.1 Å². The molecule has 2 aromatic carbocycles. The highest BCUT2D eigenvalue weighted by Crippen LogP contribution is 2.37. The van der Waals surface area contributed by atoms with Crippen molar-refractivity contribution in [2.24, 2.45) is 0 Å². The van der Waals surface area contributed by atoms with Gasteiger partial charge < -0.3 is 10.2 Å². The lowest BCUT2D eigenvalue weighted by Crippen LogP contribution is -2.47. The molecule has 0 unspecified atom stereocenters. The van der Waals surface area contributed by atoms with E-state index in [-0.39, 0.29) is 5.91 Å². The molecule has 0 bridgehead atoms. The number of fused-ring (bicyclic) bond motifs is 2. The quantitative estimate of drug-likeness (QED) is 0.562. The number of nitrogens with zero attached hydrogens (tertiary/aromatic N) is 3. The Bertz CT molecular complexity index is 1190. The molecule has 1 N–H and O–H groups in total. The molecule has 1 fully saturated rings. The van der Waals surface area contributed by atoms with Crippen molar-refractivity contribution in [3.05, 3.63) is 58.1 Å². The van der Waals surface area contributed by atoms with Gasteiger partial charge in [-0.3, -0.25) is 9.69 Å². The van der Waals surface area contributed by atoms with E-state index in [4.69, 9.17) is 16.0 Å². The second-order valence-electron chi connectivity index (χ2n) is 8.40. The first kappa shape index (κ1) is 20.5. The summed E-state index contributed by atoms with van der Waals surface area (Å²) < 4.78 is 5.95. The minimum atomic E-state index is -0.0334. The van der Waals surface area contributed by atoms with Crippen molar-refractivity contribution in [1.29, 1.82) is 0 Å². The van der Waals surface area contributed by atoms with E-state index in [0.29, 0.717) is 0 Å². The van der Waals surface area contributed by atoms with Gasteiger partial charge in [0.05, 0.1) is 10.4 Å². The first-order valence-corrected chi connectivity index (χ1v) is 11.8. The van der Waals surface area contributed by atoms with Gasteiger partial charge in [-0.25, -0.2) is 0 Å². The molecule has 0 aliphatic carbocycles. The Labute approximate surface area is 191 Å². The Morgan fingerprint density at radius 1 is 1.16 bits per heavy atom. The molecular weight excluding hydrogens is 428 g/mol. The summed E-state index contributed by atoms with van der Waals surface area (Å²) in [6.07, 6.45) is 0.871. The third-order valence-electron chi connectivity index (χ3n) is 6.16. The Balaban J connectivity index is 1.24. The van der Waals surface area contributed by atoms with Crippen molar-refractivity contribution in [2.75, 3.05) is 42.9 Å². The molecule has 3 aromatic rings. The molecule has 0 spiro atoms. The number of piperazine rings is 1. The number of halogens is 1. The molecular formula is C24H25ClN4OS. The van der Waals surface area contributed by atoms with E-state index in [2.05, 4.69) is 45.4 Å². The van der Waals surface area contributed by atoms with Crippen LogP contribution in [0, 0.1) is 0 Å². The number of benzene rings is 2. The maximum atomic E-state index is 12.3. The number of hydrogen-bond donors (Lipinski definition) is 1. The predicted molar refractivity (Wildman–Crippen MR) is 130 cm³/mol. The number of aromatic nitrogens is 1. The van der Waals surface area contributed by atoms with Gasteiger partial charge >= 0.3 is 0 Å². The molecule has 1 aromatic heterocycles. The minimum Gasteiger partial charge on any atom is -0.353 e. The van der Waals surface area contributed by atoms with Crippen molar-refractivity contribution >= 4 is 56.2 Å². The average molecular weight is 453 g/mol. The first-order valence-electron chi connectivity index (χ1n) is 10.6. The van der Waals surface area contributed by atoms with Crippen LogP contribution in [0.5, 0.6) is 0 Å². The van der Waals surface area contributed by atoms with E-state index in [9.17, 15) is 4.79 Å². The van der Waals surface area contributed by atoms with Crippen LogP contribution in [0.3, 0.4) is 0 Å². The lowest BCUT2D eigenvalue weighted by Gasteiger charge is -2.35. The van der Waals surface area contributed by atoms with Gasteiger partial charge in [-0.05, 0) is 61.6 Å². The molecule has 0 radical (unpaired) electrons. The van der Waals surface area contributed by atoms with Crippen molar-refractivity contribution in [2.45, 2.75) is 20.3 Å². The Hall–Kier alpha value is -2.41. The molecule has 2 aliphatic heterocycles. The number of carbonyl (C=O) groups is 1. The van der Waals surface area contributed by atoms with E-state index in [1.54, 1.807) is 11.5 Å². The summed E-state index contributed by atoms with van der Waals surface area (Å²) in [5.74, 6) is 1.09. The number of rotatable bonds is 4. The Morgan fingerprint density at radius 2 is 1.94 bits per heavy atom. The van der Waals surface area contributed by atoms with Gasteiger partial charge in [-0.15, -0.1) is 0 Å². The number of nitrogens with one attached hydrogen (secondary N) is 1. The third kappa shape index (κ3) is 3.84. The number of allylic oxidation sites excluding steroid dienone is 1. The lowest BCUT2D eigenvalue weighted by molar-refractivity contribution is -0.110. The van der Waals surface area contributed by atoms with Gasteiger partial charge in [-0.1, -0.05) is 29.3 Å². The van der Waals surface area contributed by atoms with Gasteiger partial charge in [0.15, 0.2) is 0 Å². The third-order valence-corrected chi connectivity index (χ3v) is 7.33. The predicted octanol–water partition coefficient (Wildman–Crippen LogP) is 5.06. The van der Waals surface area contributed by atoms with Crippen LogP contribution < -0.4 is 10.2 Å². The van der Waals surface area contributed by atoms with Crippen molar-refractivity contribution in [3.8, 4) is 0 Å². The molecule has 160 valence electrons. The van der Waals surface area contributed by atoms with Gasteiger partial charge in [0.25, 0.3) is 5.91 Å². The molecule has 2 aliphatic rings. The lowest BCUT2D eigenvalue weighted by atomic mass is 9.99. The van der Waals surface area contributed by atoms with Crippen LogP contribution in [-0.2, 0) is 11.2 Å². The SMILES string of the molecule is CC(C)=C1C(=O)Nc2cc(Cl)c(CCN3CCN(c4nsc5ccccc45)CC3)cc21. The van der Waals surface area contributed by atoms with E-state index in [1.807, 2.05) is 19.9 Å². The first-order chi connectivity index (χ1) is 15.0. The molecule has 5 nitrogen and oxygen atoms in total. The monoisotopic (exact) mass is 452 g/mol. The second-order valence-corrected chi connectivity index (χ2v) is 9.61. The largest absolute Gasteiger partial charge is 0.353 e.